The number of nitrogens with zero attached hydrogens (tertiary/aromatic N) is 5. The fourth-order valence-corrected chi connectivity index (χ4v) is 5.39. The van der Waals surface area contributed by atoms with E-state index >= 15 is 0 Å². The molecule has 1 unspecified atom stereocenters. The third-order valence-electron chi connectivity index (χ3n) is 6.63. The molecule has 4 heterocycles. The van der Waals surface area contributed by atoms with Gasteiger partial charge in [0.15, 0.2) is 11.5 Å². The lowest BCUT2D eigenvalue weighted by molar-refractivity contribution is 0.0941. The Balaban J connectivity index is 1.46. The van der Waals surface area contributed by atoms with Gasteiger partial charge in [-0.1, -0.05) is 42.5 Å². The number of rotatable bonds is 6. The molecular weight excluding hydrogens is 522 g/mol. The van der Waals surface area contributed by atoms with E-state index in [9.17, 15) is 9.59 Å². The maximum absolute atomic E-state index is 14.2. The number of carbonyl (C=O) groups is 1. The predicted octanol–water partition coefficient (Wildman–Crippen LogP) is 5.04. The number of anilines is 1. The van der Waals surface area contributed by atoms with E-state index in [-0.39, 0.29) is 16.9 Å². The first-order chi connectivity index (χ1) is 19.4. The van der Waals surface area contributed by atoms with Gasteiger partial charge in [0.2, 0.25) is 0 Å². The minimum atomic E-state index is -0.556. The van der Waals surface area contributed by atoms with Crippen molar-refractivity contribution in [3.63, 3.8) is 0 Å². The van der Waals surface area contributed by atoms with Crippen LogP contribution in [0, 0.1) is 6.92 Å². The third-order valence-corrected chi connectivity index (χ3v) is 7.42. The van der Waals surface area contributed by atoms with E-state index in [2.05, 4.69) is 20.4 Å². The second kappa shape index (κ2) is 10.2. The van der Waals surface area contributed by atoms with Crippen LogP contribution in [0.15, 0.2) is 83.2 Å². The van der Waals surface area contributed by atoms with Crippen molar-refractivity contribution in [2.45, 2.75) is 19.9 Å². The number of fused-ring (bicyclic) bond motifs is 2. The van der Waals surface area contributed by atoms with E-state index in [0.717, 1.165) is 21.7 Å². The third kappa shape index (κ3) is 4.54. The van der Waals surface area contributed by atoms with Gasteiger partial charge in [0.05, 0.1) is 22.1 Å². The zero-order valence-corrected chi connectivity index (χ0v) is 22.6. The predicted molar refractivity (Wildman–Crippen MR) is 159 cm³/mol. The SMILES string of the molecule is Cc1nc(C=Cc2cccc3cc(C(C)NC(=O)c4c(N)nn5cccnc45)n(-c4ccccc4)c(=O)c23)cs1. The van der Waals surface area contributed by atoms with Crippen molar-refractivity contribution >= 4 is 51.6 Å². The Hall–Kier alpha value is -5.09. The first-order valence-electron chi connectivity index (χ1n) is 12.6. The summed E-state index contributed by atoms with van der Waals surface area (Å²) in [6, 6.07) is 18.2. The van der Waals surface area contributed by atoms with Gasteiger partial charge in [0.25, 0.3) is 11.5 Å². The summed E-state index contributed by atoms with van der Waals surface area (Å²) in [5, 5.41) is 11.5. The van der Waals surface area contributed by atoms with Crippen LogP contribution in [0.1, 0.15) is 45.3 Å². The molecule has 9 nitrogen and oxygen atoms in total. The van der Waals surface area contributed by atoms with Crippen LogP contribution in [-0.2, 0) is 0 Å². The Kier molecular flexibility index (Phi) is 6.45. The lowest BCUT2D eigenvalue weighted by Gasteiger charge is -2.21. The number of hydrogen-bond acceptors (Lipinski definition) is 7. The van der Waals surface area contributed by atoms with Crippen LogP contribution in [0.5, 0.6) is 0 Å². The molecule has 6 rings (SSSR count). The lowest BCUT2D eigenvalue weighted by Crippen LogP contribution is -2.32. The van der Waals surface area contributed by atoms with Gasteiger partial charge in [-0.05, 0) is 55.1 Å². The molecule has 0 saturated heterocycles. The van der Waals surface area contributed by atoms with Crippen molar-refractivity contribution in [2.24, 2.45) is 0 Å². The molecule has 1 amide bonds. The van der Waals surface area contributed by atoms with E-state index in [4.69, 9.17) is 5.73 Å². The topological polar surface area (TPSA) is 120 Å². The van der Waals surface area contributed by atoms with Crippen LogP contribution in [0.3, 0.4) is 0 Å². The Labute approximate surface area is 233 Å². The Morgan fingerprint density at radius 3 is 2.70 bits per heavy atom. The van der Waals surface area contributed by atoms with E-state index in [1.54, 1.807) is 34.4 Å². The minimum absolute atomic E-state index is 0.0779. The average molecular weight is 548 g/mol. The van der Waals surface area contributed by atoms with Gasteiger partial charge in [-0.15, -0.1) is 16.4 Å². The summed E-state index contributed by atoms with van der Waals surface area (Å²) in [5.41, 5.74) is 9.37. The summed E-state index contributed by atoms with van der Waals surface area (Å²) >= 11 is 1.58. The van der Waals surface area contributed by atoms with Crippen LogP contribution >= 0.6 is 11.3 Å². The number of amides is 1. The summed E-state index contributed by atoms with van der Waals surface area (Å²) in [4.78, 5) is 36.4. The van der Waals surface area contributed by atoms with Crippen molar-refractivity contribution in [2.75, 3.05) is 5.73 Å². The smallest absolute Gasteiger partial charge is 0.263 e. The molecule has 0 aliphatic heterocycles. The largest absolute Gasteiger partial charge is 0.381 e. The molecule has 4 aromatic heterocycles. The van der Waals surface area contributed by atoms with E-state index in [0.29, 0.717) is 22.4 Å². The molecule has 2 aromatic carbocycles. The van der Waals surface area contributed by atoms with Gasteiger partial charge in [0.1, 0.15) is 5.56 Å². The minimum Gasteiger partial charge on any atom is -0.381 e. The number of hydrogen-bond donors (Lipinski definition) is 2. The Morgan fingerprint density at radius 1 is 1.10 bits per heavy atom. The summed E-state index contributed by atoms with van der Waals surface area (Å²) in [6.45, 7) is 3.79. The number of pyridine rings is 1. The quantitative estimate of drug-likeness (QED) is 0.301. The van der Waals surface area contributed by atoms with E-state index < -0.39 is 11.9 Å². The van der Waals surface area contributed by atoms with E-state index in [1.807, 2.05) is 86.0 Å². The molecule has 40 heavy (non-hydrogen) atoms. The molecule has 0 aliphatic carbocycles. The average Bonchev–Trinajstić information content (AvgIpc) is 3.53. The van der Waals surface area contributed by atoms with Gasteiger partial charge < -0.3 is 11.1 Å². The zero-order chi connectivity index (χ0) is 27.8. The first-order valence-corrected chi connectivity index (χ1v) is 13.5. The normalized spacial score (nSPS) is 12.3. The number of nitrogens with one attached hydrogen (secondary N) is 1. The summed E-state index contributed by atoms with van der Waals surface area (Å²) in [6.07, 6.45) is 7.08. The molecule has 198 valence electrons. The van der Waals surface area contributed by atoms with Gasteiger partial charge in [-0.25, -0.2) is 14.5 Å². The molecule has 0 radical (unpaired) electrons. The number of benzene rings is 2. The molecule has 0 aliphatic rings. The fraction of sp³-hybridized carbons (Fsp3) is 0.100. The molecule has 0 spiro atoms. The van der Waals surface area contributed by atoms with Crippen LogP contribution in [0.25, 0.3) is 34.3 Å². The van der Waals surface area contributed by atoms with Gasteiger partial charge in [0, 0.05) is 29.2 Å². The fourth-order valence-electron chi connectivity index (χ4n) is 4.81. The molecule has 0 fully saturated rings. The molecule has 3 N–H and O–H groups in total. The molecule has 0 bridgehead atoms. The second-order valence-electron chi connectivity index (χ2n) is 9.32. The van der Waals surface area contributed by atoms with Gasteiger partial charge in [-0.2, -0.15) is 0 Å². The molecule has 1 atom stereocenters. The Morgan fingerprint density at radius 2 is 1.93 bits per heavy atom. The van der Waals surface area contributed by atoms with Crippen LogP contribution in [0.4, 0.5) is 5.82 Å². The number of para-hydroxylation sites is 1. The molecular formula is C30H25N7O2S. The van der Waals surface area contributed by atoms with Crippen molar-refractivity contribution in [1.29, 1.82) is 0 Å². The number of nitrogen functional groups attached to an aromatic ring is 1. The standard InChI is InChI=1S/C30H25N7O2S/c1-18(33-29(38)26-27(31)35-36-15-7-14-32-28(26)36)24-16-21-9-6-8-20(12-13-22-17-40-19(2)34-22)25(21)30(39)37(24)23-10-4-3-5-11-23/h3-18H,1-2H3,(H2,31,35)(H,33,38). The van der Waals surface area contributed by atoms with Gasteiger partial charge in [-0.3, -0.25) is 14.2 Å². The van der Waals surface area contributed by atoms with E-state index in [1.165, 1.54) is 4.52 Å². The molecule has 6 aromatic rings. The van der Waals surface area contributed by atoms with Gasteiger partial charge >= 0.3 is 0 Å². The summed E-state index contributed by atoms with van der Waals surface area (Å²) in [7, 11) is 0. The van der Waals surface area contributed by atoms with Crippen LogP contribution in [0.2, 0.25) is 0 Å². The lowest BCUT2D eigenvalue weighted by atomic mass is 10.0. The molecule has 10 heteroatoms. The monoisotopic (exact) mass is 547 g/mol. The highest BCUT2D eigenvalue weighted by Gasteiger charge is 2.23. The van der Waals surface area contributed by atoms with Crippen molar-refractivity contribution in [3.8, 4) is 5.69 Å². The first kappa shape index (κ1) is 25.2. The summed E-state index contributed by atoms with van der Waals surface area (Å²) in [5.74, 6) is -0.352. The number of aryl methyl sites for hydroxylation is 1. The number of carbonyl (C=O) groups excluding carboxylic acids is 1. The van der Waals surface area contributed by atoms with Crippen molar-refractivity contribution in [1.82, 2.24) is 29.5 Å². The maximum atomic E-state index is 14.2. The summed E-state index contributed by atoms with van der Waals surface area (Å²) < 4.78 is 3.11. The van der Waals surface area contributed by atoms with Crippen molar-refractivity contribution < 1.29 is 4.79 Å². The highest BCUT2D eigenvalue weighted by molar-refractivity contribution is 7.09. The zero-order valence-electron chi connectivity index (χ0n) is 21.8. The highest BCUT2D eigenvalue weighted by Crippen LogP contribution is 2.25. The van der Waals surface area contributed by atoms with Crippen molar-refractivity contribution in [3.05, 3.63) is 116 Å². The maximum Gasteiger partial charge on any atom is 0.263 e. The number of nitrogens with two attached hydrogens (primary N) is 1. The van der Waals surface area contributed by atoms with Crippen LogP contribution in [-0.4, -0.2) is 30.1 Å². The Bertz CT molecular complexity index is 1970. The number of thiazole rings is 1. The highest BCUT2D eigenvalue weighted by atomic mass is 32.1. The second-order valence-corrected chi connectivity index (χ2v) is 10.4. The number of aromatic nitrogens is 5. The molecule has 0 saturated carbocycles. The van der Waals surface area contributed by atoms with Crippen LogP contribution < -0.4 is 16.6 Å².